The lowest BCUT2D eigenvalue weighted by Crippen LogP contribution is -2.03. The Labute approximate surface area is 110 Å². The van der Waals surface area contributed by atoms with Crippen LogP contribution in [0.15, 0.2) is 42.6 Å². The van der Waals surface area contributed by atoms with E-state index in [1.165, 1.54) is 18.3 Å². The molecule has 0 spiro atoms. The molecule has 0 radical (unpaired) electrons. The predicted octanol–water partition coefficient (Wildman–Crippen LogP) is 2.11. The average Bonchev–Trinajstić information content (AvgIpc) is 2.42. The van der Waals surface area contributed by atoms with E-state index in [1.807, 2.05) is 12.1 Å². The second-order valence-corrected chi connectivity index (χ2v) is 3.84. The molecule has 2 aromatic rings. The molecule has 5 heteroatoms. The van der Waals surface area contributed by atoms with Crippen LogP contribution in [0.2, 0.25) is 0 Å². The van der Waals surface area contributed by atoms with Crippen LogP contribution in [0.1, 0.15) is 15.9 Å². The number of carbonyl (C=O) groups is 1. The van der Waals surface area contributed by atoms with Crippen LogP contribution in [0.4, 0.5) is 0 Å². The van der Waals surface area contributed by atoms with Crippen LogP contribution in [0.3, 0.4) is 0 Å². The Morgan fingerprint density at radius 3 is 2.74 bits per heavy atom. The molecule has 0 fully saturated rings. The molecule has 0 atom stereocenters. The first kappa shape index (κ1) is 13.0. The van der Waals surface area contributed by atoms with Crippen molar-refractivity contribution in [2.45, 2.75) is 6.42 Å². The van der Waals surface area contributed by atoms with Crippen molar-refractivity contribution >= 4 is 5.97 Å². The maximum absolute atomic E-state index is 11.1. The van der Waals surface area contributed by atoms with E-state index in [-0.39, 0.29) is 18.1 Å². The molecule has 98 valence electrons. The second kappa shape index (κ2) is 5.97. The van der Waals surface area contributed by atoms with E-state index in [0.29, 0.717) is 12.2 Å². The van der Waals surface area contributed by atoms with Gasteiger partial charge in [-0.1, -0.05) is 18.2 Å². The van der Waals surface area contributed by atoms with Crippen LogP contribution in [0, 0.1) is 0 Å². The van der Waals surface area contributed by atoms with Crippen molar-refractivity contribution in [2.75, 3.05) is 6.61 Å². The summed E-state index contributed by atoms with van der Waals surface area (Å²) in [6.07, 6.45) is 1.90. The fourth-order valence-corrected chi connectivity index (χ4v) is 1.67. The fourth-order valence-electron chi connectivity index (χ4n) is 1.67. The molecule has 1 heterocycles. The molecule has 1 aromatic heterocycles. The topological polar surface area (TPSA) is 79.7 Å². The third-order valence-corrected chi connectivity index (χ3v) is 2.56. The number of benzene rings is 1. The number of para-hydroxylation sites is 1. The molecule has 0 amide bonds. The smallest absolute Gasteiger partial charge is 0.341 e. The zero-order chi connectivity index (χ0) is 13.7. The molecular formula is C14H13NO4. The van der Waals surface area contributed by atoms with Gasteiger partial charge in [-0.3, -0.25) is 0 Å². The van der Waals surface area contributed by atoms with Gasteiger partial charge in [0.2, 0.25) is 5.88 Å². The number of rotatable bonds is 5. The number of carboxylic acid groups (broad SMARTS) is 1. The molecule has 19 heavy (non-hydrogen) atoms. The van der Waals surface area contributed by atoms with Crippen molar-refractivity contribution in [3.63, 3.8) is 0 Å². The summed E-state index contributed by atoms with van der Waals surface area (Å²) in [6, 6.07) is 10.1. The van der Waals surface area contributed by atoms with Crippen LogP contribution in [-0.2, 0) is 6.42 Å². The highest BCUT2D eigenvalue weighted by molar-refractivity contribution is 5.90. The molecule has 2 rings (SSSR count). The molecule has 0 aliphatic rings. The zero-order valence-corrected chi connectivity index (χ0v) is 10.1. The number of aliphatic hydroxyl groups is 1. The van der Waals surface area contributed by atoms with Gasteiger partial charge in [-0.15, -0.1) is 0 Å². The van der Waals surface area contributed by atoms with E-state index in [2.05, 4.69) is 4.98 Å². The first-order valence-electron chi connectivity index (χ1n) is 5.77. The van der Waals surface area contributed by atoms with Crippen LogP contribution in [0.25, 0.3) is 0 Å². The molecular weight excluding hydrogens is 246 g/mol. The average molecular weight is 259 g/mol. The Bertz CT molecular complexity index is 583. The summed E-state index contributed by atoms with van der Waals surface area (Å²) in [5.74, 6) is -0.555. The zero-order valence-electron chi connectivity index (χ0n) is 10.1. The van der Waals surface area contributed by atoms with E-state index in [1.54, 1.807) is 12.1 Å². The maximum atomic E-state index is 11.1. The van der Waals surface area contributed by atoms with Crippen molar-refractivity contribution in [1.82, 2.24) is 4.98 Å². The molecule has 0 bridgehead atoms. The SMILES string of the molecule is O=C(O)c1cccnc1Oc1ccccc1CCO. The highest BCUT2D eigenvalue weighted by Crippen LogP contribution is 2.26. The Morgan fingerprint density at radius 2 is 2.00 bits per heavy atom. The maximum Gasteiger partial charge on any atom is 0.341 e. The fraction of sp³-hybridized carbons (Fsp3) is 0.143. The van der Waals surface area contributed by atoms with Gasteiger partial charge in [0.05, 0.1) is 0 Å². The van der Waals surface area contributed by atoms with Crippen LogP contribution in [0.5, 0.6) is 11.6 Å². The number of pyridine rings is 1. The molecule has 5 nitrogen and oxygen atoms in total. The number of carboxylic acids is 1. The first-order valence-corrected chi connectivity index (χ1v) is 5.77. The summed E-state index contributed by atoms with van der Waals surface area (Å²) >= 11 is 0. The minimum absolute atomic E-state index is 0.00121. The standard InChI is InChI=1S/C14H13NO4/c16-9-7-10-4-1-2-6-12(10)19-13-11(14(17)18)5-3-8-15-13/h1-6,8,16H,7,9H2,(H,17,18). The van der Waals surface area contributed by atoms with E-state index in [4.69, 9.17) is 14.9 Å². The second-order valence-electron chi connectivity index (χ2n) is 3.84. The lowest BCUT2D eigenvalue weighted by molar-refractivity contribution is 0.0693. The molecule has 0 unspecified atom stereocenters. The third-order valence-electron chi connectivity index (χ3n) is 2.56. The van der Waals surface area contributed by atoms with Gasteiger partial charge < -0.3 is 14.9 Å². The van der Waals surface area contributed by atoms with Gasteiger partial charge in [0.15, 0.2) is 0 Å². The van der Waals surface area contributed by atoms with E-state index < -0.39 is 5.97 Å². The number of aliphatic hydroxyl groups excluding tert-OH is 1. The quantitative estimate of drug-likeness (QED) is 0.859. The van der Waals surface area contributed by atoms with Crippen molar-refractivity contribution in [1.29, 1.82) is 0 Å². The minimum Gasteiger partial charge on any atom is -0.477 e. The molecule has 0 saturated carbocycles. The number of aromatic carboxylic acids is 1. The Morgan fingerprint density at radius 1 is 1.21 bits per heavy atom. The van der Waals surface area contributed by atoms with Gasteiger partial charge in [-0.2, -0.15) is 0 Å². The van der Waals surface area contributed by atoms with Crippen LogP contribution >= 0.6 is 0 Å². The Balaban J connectivity index is 2.34. The van der Waals surface area contributed by atoms with E-state index in [9.17, 15) is 4.79 Å². The van der Waals surface area contributed by atoms with Crippen molar-refractivity contribution in [2.24, 2.45) is 0 Å². The first-order chi connectivity index (χ1) is 9.22. The number of ether oxygens (including phenoxy) is 1. The summed E-state index contributed by atoms with van der Waals surface area (Å²) < 4.78 is 5.55. The molecule has 1 aromatic carbocycles. The normalized spacial score (nSPS) is 10.2. The highest BCUT2D eigenvalue weighted by atomic mass is 16.5. The number of nitrogens with zero attached hydrogens (tertiary/aromatic N) is 1. The van der Waals surface area contributed by atoms with Gasteiger partial charge in [0, 0.05) is 12.8 Å². The summed E-state index contributed by atoms with van der Waals surface area (Å²) in [5, 5.41) is 18.0. The lowest BCUT2D eigenvalue weighted by Gasteiger charge is -2.10. The van der Waals surface area contributed by atoms with E-state index >= 15 is 0 Å². The molecule has 0 aliphatic heterocycles. The van der Waals surface area contributed by atoms with Crippen LogP contribution in [-0.4, -0.2) is 27.8 Å². The number of hydrogen-bond donors (Lipinski definition) is 2. The summed E-state index contributed by atoms with van der Waals surface area (Å²) in [6.45, 7) is -0.00558. The number of hydrogen-bond acceptors (Lipinski definition) is 4. The van der Waals surface area contributed by atoms with E-state index in [0.717, 1.165) is 5.56 Å². The molecule has 2 N–H and O–H groups in total. The minimum atomic E-state index is -1.09. The van der Waals surface area contributed by atoms with Crippen molar-refractivity contribution < 1.29 is 19.7 Å². The largest absolute Gasteiger partial charge is 0.477 e. The highest BCUT2D eigenvalue weighted by Gasteiger charge is 2.13. The number of aromatic nitrogens is 1. The Kier molecular flexibility index (Phi) is 4.10. The van der Waals surface area contributed by atoms with Gasteiger partial charge in [0.25, 0.3) is 0 Å². The monoisotopic (exact) mass is 259 g/mol. The summed E-state index contributed by atoms with van der Waals surface area (Å²) in [5.41, 5.74) is 0.799. The van der Waals surface area contributed by atoms with Gasteiger partial charge in [0.1, 0.15) is 11.3 Å². The lowest BCUT2D eigenvalue weighted by atomic mass is 10.1. The van der Waals surface area contributed by atoms with Crippen LogP contribution < -0.4 is 4.74 Å². The summed E-state index contributed by atoms with van der Waals surface area (Å²) in [4.78, 5) is 15.0. The predicted molar refractivity (Wildman–Crippen MR) is 68.5 cm³/mol. The molecule has 0 aliphatic carbocycles. The van der Waals surface area contributed by atoms with Gasteiger partial charge >= 0.3 is 5.97 Å². The molecule has 0 saturated heterocycles. The third kappa shape index (κ3) is 3.08. The van der Waals surface area contributed by atoms with Crippen molar-refractivity contribution in [3.05, 3.63) is 53.7 Å². The van der Waals surface area contributed by atoms with Gasteiger partial charge in [-0.05, 0) is 30.2 Å². The Hall–Kier alpha value is -2.40. The van der Waals surface area contributed by atoms with Gasteiger partial charge in [-0.25, -0.2) is 9.78 Å². The van der Waals surface area contributed by atoms with Crippen molar-refractivity contribution in [3.8, 4) is 11.6 Å². The summed E-state index contributed by atoms with van der Waals surface area (Å²) in [7, 11) is 0.